The summed E-state index contributed by atoms with van der Waals surface area (Å²) in [6.07, 6.45) is 2.04. The van der Waals surface area contributed by atoms with Crippen molar-refractivity contribution in [1.29, 1.82) is 0 Å². The molecule has 0 bridgehead atoms. The summed E-state index contributed by atoms with van der Waals surface area (Å²) in [4.78, 5) is 1.01. The van der Waals surface area contributed by atoms with Gasteiger partial charge in [-0.1, -0.05) is 16.8 Å². The molecule has 1 saturated heterocycles. The molecule has 1 fully saturated rings. The van der Waals surface area contributed by atoms with Crippen LogP contribution in [-0.4, -0.2) is 57.7 Å². The summed E-state index contributed by atoms with van der Waals surface area (Å²) in [5.41, 5.74) is 1.18. The Hall–Kier alpha value is -1.07. The Morgan fingerprint density at radius 3 is 3.14 bits per heavy atom. The molecule has 1 spiro atoms. The highest BCUT2D eigenvalue weighted by molar-refractivity contribution is 7.16. The fraction of sp³-hybridized carbons (Fsp3) is 0.667. The quantitative estimate of drug-likeness (QED) is 0.667. The van der Waals surface area contributed by atoms with Crippen molar-refractivity contribution >= 4 is 22.9 Å². The van der Waals surface area contributed by atoms with Crippen molar-refractivity contribution in [1.82, 2.24) is 20.3 Å². The fourth-order valence-electron chi connectivity index (χ4n) is 4.26. The molecule has 2 aromatic rings. The Labute approximate surface area is 172 Å². The largest absolute Gasteiger partial charge is 0.389 e. The molecule has 0 saturated carbocycles. The summed E-state index contributed by atoms with van der Waals surface area (Å²) >= 11 is 7.74. The number of hydrogen-bond donors (Lipinski definition) is 3. The van der Waals surface area contributed by atoms with Crippen LogP contribution in [0.2, 0.25) is 4.34 Å². The van der Waals surface area contributed by atoms with Crippen LogP contribution in [0, 0.1) is 0 Å². The van der Waals surface area contributed by atoms with Gasteiger partial charge in [-0.25, -0.2) is 4.68 Å². The van der Waals surface area contributed by atoms with Crippen LogP contribution in [0.25, 0.3) is 0 Å². The van der Waals surface area contributed by atoms with Gasteiger partial charge < -0.3 is 25.0 Å². The molecule has 154 valence electrons. The predicted molar refractivity (Wildman–Crippen MR) is 104 cm³/mol. The number of aromatic nitrogens is 3. The number of methoxy groups -OCH3 is 1. The zero-order chi connectivity index (χ0) is 19.9. The number of fused-ring (bicyclic) bond motifs is 2. The van der Waals surface area contributed by atoms with Crippen molar-refractivity contribution in [2.24, 2.45) is 0 Å². The van der Waals surface area contributed by atoms with Crippen LogP contribution in [0.5, 0.6) is 0 Å². The lowest BCUT2D eigenvalue weighted by Crippen LogP contribution is -2.50. The molecule has 2 aliphatic heterocycles. The van der Waals surface area contributed by atoms with Gasteiger partial charge in [-0.2, -0.15) is 0 Å². The third-order valence-electron chi connectivity index (χ3n) is 5.35. The maximum atomic E-state index is 10.3. The molecule has 8 nitrogen and oxygen atoms in total. The number of aliphatic hydroxyl groups is 2. The molecule has 4 rings (SSSR count). The van der Waals surface area contributed by atoms with Crippen LogP contribution in [0.1, 0.15) is 48.0 Å². The predicted octanol–water partition coefficient (Wildman–Crippen LogP) is 1.77. The molecule has 0 aliphatic carbocycles. The number of aliphatic hydroxyl groups excluding tert-OH is 2. The highest BCUT2D eigenvalue weighted by atomic mass is 35.5. The zero-order valence-corrected chi connectivity index (χ0v) is 17.4. The number of rotatable bonds is 5. The lowest BCUT2D eigenvalue weighted by atomic mass is 9.79. The second kappa shape index (κ2) is 7.98. The van der Waals surface area contributed by atoms with Gasteiger partial charge >= 0.3 is 0 Å². The van der Waals surface area contributed by atoms with Gasteiger partial charge in [0, 0.05) is 30.0 Å². The van der Waals surface area contributed by atoms with E-state index in [2.05, 4.69) is 22.6 Å². The first kappa shape index (κ1) is 20.2. The second-order valence-electron chi connectivity index (χ2n) is 7.66. The minimum atomic E-state index is -0.642. The van der Waals surface area contributed by atoms with Gasteiger partial charge in [0.05, 0.1) is 48.1 Å². The van der Waals surface area contributed by atoms with Crippen LogP contribution in [-0.2, 0) is 21.6 Å². The fourth-order valence-corrected chi connectivity index (χ4v) is 5.71. The second-order valence-corrected chi connectivity index (χ2v) is 9.34. The molecule has 0 aromatic carbocycles. The number of ether oxygens (including phenoxy) is 2. The van der Waals surface area contributed by atoms with Gasteiger partial charge in [-0.15, -0.1) is 16.4 Å². The third kappa shape index (κ3) is 3.85. The SMILES string of the molecule is COCC(O)Cn1cc([C@@H]2C[C@]3(C[C@H](C)N2)OC[C@@H](O)c2cc(Cl)sc23)nn1. The summed E-state index contributed by atoms with van der Waals surface area (Å²) in [6.45, 7) is 2.94. The number of nitrogens with one attached hydrogen (secondary N) is 1. The van der Waals surface area contributed by atoms with Gasteiger partial charge in [0.2, 0.25) is 0 Å². The maximum absolute atomic E-state index is 10.3. The molecular weight excluding hydrogens is 404 g/mol. The average Bonchev–Trinajstić information content (AvgIpc) is 3.26. The van der Waals surface area contributed by atoms with Crippen LogP contribution < -0.4 is 5.32 Å². The molecule has 10 heteroatoms. The standard InChI is InChI=1S/C18H25ClN4O4S/c1-10-4-18(17-12(3-16(19)28-17)15(25)9-27-18)5-13(20-10)14-7-23(22-21-14)6-11(24)8-26-2/h3,7,10-11,13,15,20,24-25H,4-6,8-9H2,1-2H3/t10-,11?,13-,15+,18-/m0/s1. The van der Waals surface area contributed by atoms with Gasteiger partial charge in [0.25, 0.3) is 0 Å². The maximum Gasteiger partial charge on any atom is 0.106 e. The van der Waals surface area contributed by atoms with E-state index in [9.17, 15) is 10.2 Å². The van der Waals surface area contributed by atoms with Crippen LogP contribution >= 0.6 is 22.9 Å². The molecular formula is C18H25ClN4O4S. The average molecular weight is 429 g/mol. The summed E-state index contributed by atoms with van der Waals surface area (Å²) in [6, 6.07) is 1.99. The Bertz CT molecular complexity index is 830. The highest BCUT2D eigenvalue weighted by Crippen LogP contribution is 2.51. The summed E-state index contributed by atoms with van der Waals surface area (Å²) < 4.78 is 13.5. The van der Waals surface area contributed by atoms with E-state index in [1.807, 2.05) is 12.3 Å². The van der Waals surface area contributed by atoms with E-state index in [1.165, 1.54) is 11.3 Å². The number of thiophene rings is 1. The Kier molecular flexibility index (Phi) is 5.76. The molecule has 5 atom stereocenters. The molecule has 0 amide bonds. The molecule has 2 aliphatic rings. The van der Waals surface area contributed by atoms with E-state index < -0.39 is 17.8 Å². The van der Waals surface area contributed by atoms with Gasteiger partial charge in [-0.05, 0) is 19.4 Å². The minimum Gasteiger partial charge on any atom is -0.389 e. The smallest absolute Gasteiger partial charge is 0.106 e. The van der Waals surface area contributed by atoms with Crippen molar-refractivity contribution in [2.75, 3.05) is 20.3 Å². The van der Waals surface area contributed by atoms with E-state index in [0.717, 1.165) is 22.6 Å². The molecule has 2 aromatic heterocycles. The van der Waals surface area contributed by atoms with Gasteiger partial charge in [0.1, 0.15) is 11.7 Å². The Morgan fingerprint density at radius 2 is 2.36 bits per heavy atom. The molecule has 0 radical (unpaired) electrons. The minimum absolute atomic E-state index is 0.0546. The first-order valence-corrected chi connectivity index (χ1v) is 10.5. The molecule has 3 N–H and O–H groups in total. The summed E-state index contributed by atoms with van der Waals surface area (Å²) in [5.74, 6) is 0. The van der Waals surface area contributed by atoms with Crippen molar-refractivity contribution in [3.05, 3.63) is 32.7 Å². The van der Waals surface area contributed by atoms with Crippen LogP contribution in [0.4, 0.5) is 0 Å². The molecule has 4 heterocycles. The Morgan fingerprint density at radius 1 is 1.54 bits per heavy atom. The molecule has 1 unspecified atom stereocenters. The monoisotopic (exact) mass is 428 g/mol. The lowest BCUT2D eigenvalue weighted by Gasteiger charge is -2.46. The lowest BCUT2D eigenvalue weighted by molar-refractivity contribution is -0.129. The normalized spacial score (nSPS) is 31.1. The van der Waals surface area contributed by atoms with Crippen LogP contribution in [0.15, 0.2) is 12.3 Å². The van der Waals surface area contributed by atoms with Crippen molar-refractivity contribution in [2.45, 2.75) is 56.2 Å². The summed E-state index contributed by atoms with van der Waals surface area (Å²) in [7, 11) is 1.55. The number of piperidine rings is 1. The van der Waals surface area contributed by atoms with E-state index in [1.54, 1.807) is 11.8 Å². The van der Waals surface area contributed by atoms with E-state index >= 15 is 0 Å². The van der Waals surface area contributed by atoms with Gasteiger partial charge in [-0.3, -0.25) is 0 Å². The van der Waals surface area contributed by atoms with Crippen molar-refractivity contribution in [3.8, 4) is 0 Å². The first-order chi connectivity index (χ1) is 13.4. The van der Waals surface area contributed by atoms with E-state index in [0.29, 0.717) is 17.3 Å². The zero-order valence-electron chi connectivity index (χ0n) is 15.8. The van der Waals surface area contributed by atoms with Gasteiger partial charge in [0.15, 0.2) is 0 Å². The van der Waals surface area contributed by atoms with Crippen molar-refractivity contribution in [3.63, 3.8) is 0 Å². The van der Waals surface area contributed by atoms with E-state index in [-0.39, 0.29) is 25.3 Å². The third-order valence-corrected chi connectivity index (χ3v) is 6.81. The number of nitrogens with zero attached hydrogens (tertiary/aromatic N) is 3. The first-order valence-electron chi connectivity index (χ1n) is 9.35. The van der Waals surface area contributed by atoms with E-state index in [4.69, 9.17) is 21.1 Å². The summed E-state index contributed by atoms with van der Waals surface area (Å²) in [5, 5.41) is 32.3. The number of hydrogen-bond acceptors (Lipinski definition) is 8. The van der Waals surface area contributed by atoms with Crippen molar-refractivity contribution < 1.29 is 19.7 Å². The number of halogens is 1. The Balaban J connectivity index is 1.58. The molecule has 28 heavy (non-hydrogen) atoms. The van der Waals surface area contributed by atoms with Crippen LogP contribution in [0.3, 0.4) is 0 Å². The highest BCUT2D eigenvalue weighted by Gasteiger charge is 2.48. The topological polar surface area (TPSA) is 102 Å².